The van der Waals surface area contributed by atoms with Crippen molar-refractivity contribution in [2.24, 2.45) is 0 Å². The molecular weight excluding hydrogens is 341 g/mol. The SMILES string of the molecule is CCOC(=O)CCN/C=C(/C#N)C(=O)Nc1ccc(Cl)cc1Cl. The second-order valence-electron chi connectivity index (χ2n) is 4.26. The number of carbonyl (C=O) groups excluding carboxylic acids is 2. The van der Waals surface area contributed by atoms with Gasteiger partial charge in [0.1, 0.15) is 11.6 Å². The third-order valence-electron chi connectivity index (χ3n) is 2.57. The highest BCUT2D eigenvalue weighted by molar-refractivity contribution is 6.36. The van der Waals surface area contributed by atoms with Gasteiger partial charge in [0, 0.05) is 17.8 Å². The van der Waals surface area contributed by atoms with Crippen molar-refractivity contribution in [3.05, 3.63) is 40.0 Å². The summed E-state index contributed by atoms with van der Waals surface area (Å²) in [6.07, 6.45) is 1.37. The summed E-state index contributed by atoms with van der Waals surface area (Å²) in [4.78, 5) is 23.1. The number of ether oxygens (including phenoxy) is 1. The zero-order valence-corrected chi connectivity index (χ0v) is 13.9. The normalized spacial score (nSPS) is 10.6. The molecule has 0 unspecified atom stereocenters. The first-order chi connectivity index (χ1) is 11.0. The first-order valence-electron chi connectivity index (χ1n) is 6.73. The summed E-state index contributed by atoms with van der Waals surface area (Å²) in [5.41, 5.74) is 0.189. The first kappa shape index (κ1) is 18.8. The first-order valence-corrected chi connectivity index (χ1v) is 7.49. The second kappa shape index (κ2) is 9.72. The number of hydrogen-bond donors (Lipinski definition) is 2. The number of amides is 1. The Kier molecular flexibility index (Phi) is 7.95. The Morgan fingerprint density at radius 1 is 1.39 bits per heavy atom. The number of carbonyl (C=O) groups is 2. The van der Waals surface area contributed by atoms with Gasteiger partial charge in [-0.25, -0.2) is 0 Å². The molecule has 1 rings (SSSR count). The average molecular weight is 356 g/mol. The highest BCUT2D eigenvalue weighted by Gasteiger charge is 2.11. The van der Waals surface area contributed by atoms with Gasteiger partial charge in [-0.3, -0.25) is 9.59 Å². The van der Waals surface area contributed by atoms with Crippen LogP contribution in [0.3, 0.4) is 0 Å². The predicted octanol–water partition coefficient (Wildman–Crippen LogP) is 2.88. The number of nitrogens with zero attached hydrogens (tertiary/aromatic N) is 1. The molecule has 2 N–H and O–H groups in total. The summed E-state index contributed by atoms with van der Waals surface area (Å²) in [6.45, 7) is 2.27. The van der Waals surface area contributed by atoms with E-state index in [2.05, 4.69) is 10.6 Å². The van der Waals surface area contributed by atoms with Crippen molar-refractivity contribution < 1.29 is 14.3 Å². The van der Waals surface area contributed by atoms with Crippen LogP contribution in [0, 0.1) is 11.3 Å². The number of rotatable bonds is 7. The zero-order valence-electron chi connectivity index (χ0n) is 12.4. The summed E-state index contributed by atoms with van der Waals surface area (Å²) in [7, 11) is 0. The topological polar surface area (TPSA) is 91.2 Å². The minimum absolute atomic E-state index is 0.133. The van der Waals surface area contributed by atoms with Crippen molar-refractivity contribution in [3.8, 4) is 6.07 Å². The van der Waals surface area contributed by atoms with E-state index in [1.807, 2.05) is 0 Å². The van der Waals surface area contributed by atoms with Crippen LogP contribution in [0.1, 0.15) is 13.3 Å². The lowest BCUT2D eigenvalue weighted by molar-refractivity contribution is -0.142. The molecule has 0 fully saturated rings. The fraction of sp³-hybridized carbons (Fsp3) is 0.267. The molecule has 0 saturated carbocycles. The number of hydrogen-bond acceptors (Lipinski definition) is 5. The van der Waals surface area contributed by atoms with Crippen LogP contribution in [-0.2, 0) is 14.3 Å². The third kappa shape index (κ3) is 6.59. The van der Waals surface area contributed by atoms with E-state index in [9.17, 15) is 9.59 Å². The van der Waals surface area contributed by atoms with E-state index < -0.39 is 5.91 Å². The van der Waals surface area contributed by atoms with Gasteiger partial charge < -0.3 is 15.4 Å². The number of halogens is 2. The molecule has 8 heteroatoms. The maximum absolute atomic E-state index is 12.0. The standard InChI is InChI=1S/C15H15Cl2N3O3/c1-2-23-14(21)5-6-19-9-10(8-18)15(22)20-13-4-3-11(16)7-12(13)17/h3-4,7,9,19H,2,5-6H2,1H3,(H,20,22)/b10-9-. The van der Waals surface area contributed by atoms with Gasteiger partial charge >= 0.3 is 5.97 Å². The number of benzene rings is 1. The lowest BCUT2D eigenvalue weighted by atomic mass is 10.2. The van der Waals surface area contributed by atoms with Gasteiger partial charge in [-0.2, -0.15) is 5.26 Å². The Morgan fingerprint density at radius 3 is 2.74 bits per heavy atom. The molecule has 23 heavy (non-hydrogen) atoms. The molecule has 0 atom stereocenters. The van der Waals surface area contributed by atoms with Gasteiger partial charge in [0.25, 0.3) is 5.91 Å². The smallest absolute Gasteiger partial charge is 0.307 e. The quantitative estimate of drug-likeness (QED) is 0.339. The van der Waals surface area contributed by atoms with Gasteiger partial charge in [-0.05, 0) is 25.1 Å². The van der Waals surface area contributed by atoms with Crippen LogP contribution in [0.25, 0.3) is 0 Å². The lowest BCUT2D eigenvalue weighted by Gasteiger charge is -2.07. The lowest BCUT2D eigenvalue weighted by Crippen LogP contribution is -2.19. The molecule has 1 aromatic carbocycles. The van der Waals surface area contributed by atoms with E-state index in [-0.39, 0.29) is 29.5 Å². The molecule has 0 aliphatic heterocycles. The molecule has 1 amide bonds. The Morgan fingerprint density at radius 2 is 2.13 bits per heavy atom. The van der Waals surface area contributed by atoms with Crippen molar-refractivity contribution in [2.75, 3.05) is 18.5 Å². The number of anilines is 1. The van der Waals surface area contributed by atoms with Gasteiger partial charge in [0.2, 0.25) is 0 Å². The van der Waals surface area contributed by atoms with E-state index >= 15 is 0 Å². The summed E-state index contributed by atoms with van der Waals surface area (Å²) in [5.74, 6) is -0.982. The van der Waals surface area contributed by atoms with E-state index in [4.69, 9.17) is 33.2 Å². The van der Waals surface area contributed by atoms with Crippen LogP contribution in [0.4, 0.5) is 5.69 Å². The fourth-order valence-electron chi connectivity index (χ4n) is 1.51. The van der Waals surface area contributed by atoms with E-state index in [1.54, 1.807) is 19.1 Å². The minimum Gasteiger partial charge on any atom is -0.466 e. The molecule has 0 aliphatic rings. The molecule has 0 saturated heterocycles. The third-order valence-corrected chi connectivity index (χ3v) is 3.12. The van der Waals surface area contributed by atoms with Crippen LogP contribution in [0.5, 0.6) is 0 Å². The van der Waals surface area contributed by atoms with Crippen LogP contribution < -0.4 is 10.6 Å². The van der Waals surface area contributed by atoms with Crippen molar-refractivity contribution >= 4 is 40.8 Å². The molecular formula is C15H15Cl2N3O3. The Labute approximate surface area is 144 Å². The van der Waals surface area contributed by atoms with Gasteiger partial charge in [-0.15, -0.1) is 0 Å². The van der Waals surface area contributed by atoms with E-state index in [1.165, 1.54) is 18.3 Å². The average Bonchev–Trinajstić information content (AvgIpc) is 2.50. The van der Waals surface area contributed by atoms with Crippen LogP contribution >= 0.6 is 23.2 Å². The monoisotopic (exact) mass is 355 g/mol. The molecule has 0 spiro atoms. The number of nitrogens with one attached hydrogen (secondary N) is 2. The molecule has 0 radical (unpaired) electrons. The Balaban J connectivity index is 2.59. The molecule has 6 nitrogen and oxygen atoms in total. The van der Waals surface area contributed by atoms with Crippen molar-refractivity contribution in [2.45, 2.75) is 13.3 Å². The van der Waals surface area contributed by atoms with Crippen molar-refractivity contribution in [3.63, 3.8) is 0 Å². The zero-order chi connectivity index (χ0) is 17.2. The maximum atomic E-state index is 12.0. The summed E-state index contributed by atoms with van der Waals surface area (Å²) >= 11 is 11.7. The molecule has 122 valence electrons. The van der Waals surface area contributed by atoms with Crippen LogP contribution in [0.2, 0.25) is 10.0 Å². The van der Waals surface area contributed by atoms with Crippen molar-refractivity contribution in [1.82, 2.24) is 5.32 Å². The summed E-state index contributed by atoms with van der Waals surface area (Å²) < 4.78 is 4.76. The van der Waals surface area contributed by atoms with Gasteiger partial charge in [0.05, 0.1) is 23.7 Å². The Hall–Kier alpha value is -2.23. The van der Waals surface area contributed by atoms with E-state index in [0.717, 1.165) is 0 Å². The maximum Gasteiger partial charge on any atom is 0.307 e. The molecule has 0 bridgehead atoms. The Bertz CT molecular complexity index is 654. The minimum atomic E-state index is -0.625. The highest BCUT2D eigenvalue weighted by Crippen LogP contribution is 2.25. The molecule has 0 aromatic heterocycles. The summed E-state index contributed by atoms with van der Waals surface area (Å²) in [5, 5.41) is 14.9. The van der Waals surface area contributed by atoms with Gasteiger partial charge in [-0.1, -0.05) is 23.2 Å². The van der Waals surface area contributed by atoms with Crippen molar-refractivity contribution in [1.29, 1.82) is 5.26 Å². The van der Waals surface area contributed by atoms with E-state index in [0.29, 0.717) is 17.3 Å². The fourth-order valence-corrected chi connectivity index (χ4v) is 1.97. The predicted molar refractivity (Wildman–Crippen MR) is 88.0 cm³/mol. The molecule has 0 aliphatic carbocycles. The number of esters is 1. The van der Waals surface area contributed by atoms with Crippen LogP contribution in [0.15, 0.2) is 30.0 Å². The molecule has 0 heterocycles. The highest BCUT2D eigenvalue weighted by atomic mass is 35.5. The largest absolute Gasteiger partial charge is 0.466 e. The summed E-state index contributed by atoms with van der Waals surface area (Å²) in [6, 6.07) is 6.35. The second-order valence-corrected chi connectivity index (χ2v) is 5.10. The van der Waals surface area contributed by atoms with Gasteiger partial charge in [0.15, 0.2) is 0 Å². The molecule has 1 aromatic rings. The number of nitriles is 1. The van der Waals surface area contributed by atoms with Crippen LogP contribution in [-0.4, -0.2) is 25.0 Å².